The average molecular weight is 442 g/mol. The zero-order chi connectivity index (χ0) is 22.4. The second kappa shape index (κ2) is 9.40. The molecule has 3 rings (SSSR count). The number of benzene rings is 3. The maximum atomic E-state index is 12.8. The van der Waals surface area contributed by atoms with E-state index in [1.807, 2.05) is 6.07 Å². The van der Waals surface area contributed by atoms with Gasteiger partial charge in [0, 0.05) is 0 Å². The van der Waals surface area contributed by atoms with Crippen molar-refractivity contribution < 1.29 is 27.8 Å². The predicted octanol–water partition coefficient (Wildman–Crippen LogP) is 3.61. The molecule has 3 aromatic rings. The van der Waals surface area contributed by atoms with Gasteiger partial charge in [0.1, 0.15) is 17.2 Å². The largest absolute Gasteiger partial charge is 0.506 e. The monoisotopic (exact) mass is 442 g/mol. The lowest BCUT2D eigenvalue weighted by atomic mass is 10.2. The Labute approximate surface area is 180 Å². The number of carbonyl (C=O) groups excluding carboxylic acids is 1. The lowest BCUT2D eigenvalue weighted by Crippen LogP contribution is -2.30. The van der Waals surface area contributed by atoms with Crippen molar-refractivity contribution >= 4 is 27.3 Å². The molecule has 3 N–H and O–H groups in total. The molecule has 162 valence electrons. The van der Waals surface area contributed by atoms with Crippen molar-refractivity contribution in [2.75, 3.05) is 17.1 Å². The summed E-state index contributed by atoms with van der Waals surface area (Å²) in [6.07, 6.45) is -0.881. The van der Waals surface area contributed by atoms with Gasteiger partial charge < -0.3 is 19.9 Å². The Bertz CT molecular complexity index is 1170. The molecule has 0 aliphatic carbocycles. The quantitative estimate of drug-likeness (QED) is 0.459. The summed E-state index contributed by atoms with van der Waals surface area (Å²) in [4.78, 5) is 12.3. The second-order valence-corrected chi connectivity index (χ2v) is 8.23. The highest BCUT2D eigenvalue weighted by atomic mass is 32.2. The number of rotatable bonds is 8. The van der Waals surface area contributed by atoms with E-state index in [-0.39, 0.29) is 22.0 Å². The van der Waals surface area contributed by atoms with Gasteiger partial charge >= 0.3 is 0 Å². The van der Waals surface area contributed by atoms with Crippen LogP contribution in [0.2, 0.25) is 0 Å². The Morgan fingerprint density at radius 2 is 1.65 bits per heavy atom. The number of carbonyl (C=O) groups is 1. The van der Waals surface area contributed by atoms with Gasteiger partial charge in [0.2, 0.25) is 0 Å². The molecule has 9 heteroatoms. The summed E-state index contributed by atoms with van der Waals surface area (Å²) in [5.41, 5.74) is 0.199. The third kappa shape index (κ3) is 5.46. The Morgan fingerprint density at radius 1 is 0.968 bits per heavy atom. The topological polar surface area (TPSA) is 114 Å². The Balaban J connectivity index is 1.78. The number of methoxy groups -OCH3 is 1. The molecule has 0 spiro atoms. The Morgan fingerprint density at radius 3 is 2.35 bits per heavy atom. The molecule has 0 saturated carbocycles. The molecule has 0 aromatic heterocycles. The van der Waals surface area contributed by atoms with Crippen LogP contribution in [0.3, 0.4) is 0 Å². The van der Waals surface area contributed by atoms with Crippen molar-refractivity contribution in [3.8, 4) is 17.2 Å². The number of amides is 1. The zero-order valence-corrected chi connectivity index (χ0v) is 17.7. The number of aromatic hydroxyl groups is 1. The molecular formula is C22H22N2O6S. The van der Waals surface area contributed by atoms with E-state index in [9.17, 15) is 18.3 Å². The fraction of sp³-hybridized carbons (Fsp3) is 0.136. The van der Waals surface area contributed by atoms with E-state index >= 15 is 0 Å². The summed E-state index contributed by atoms with van der Waals surface area (Å²) in [6, 6.07) is 18.9. The molecule has 0 aliphatic heterocycles. The number of nitrogens with one attached hydrogen (secondary N) is 2. The van der Waals surface area contributed by atoms with Crippen LogP contribution in [0.1, 0.15) is 6.92 Å². The first kappa shape index (κ1) is 22.0. The van der Waals surface area contributed by atoms with E-state index < -0.39 is 22.0 Å². The van der Waals surface area contributed by atoms with Gasteiger partial charge in [-0.3, -0.25) is 9.52 Å². The van der Waals surface area contributed by atoms with Crippen LogP contribution in [-0.4, -0.2) is 32.6 Å². The standard InChI is InChI=1S/C22H22N2O6S/c1-15(30-16-8-4-3-5-9-16)22(26)23-19-14-17(12-13-20(19)25)31(27,28)24-18-10-6-7-11-21(18)29-2/h3-15,24-25H,1-2H3,(H,23,26). The van der Waals surface area contributed by atoms with Gasteiger partial charge in [0.25, 0.3) is 15.9 Å². The fourth-order valence-electron chi connectivity index (χ4n) is 2.71. The van der Waals surface area contributed by atoms with Crippen LogP contribution in [0, 0.1) is 0 Å². The van der Waals surface area contributed by atoms with Crippen molar-refractivity contribution in [2.45, 2.75) is 17.9 Å². The van der Waals surface area contributed by atoms with E-state index in [0.717, 1.165) is 0 Å². The minimum atomic E-state index is -4.01. The third-order valence-corrected chi connectivity index (χ3v) is 5.68. The molecular weight excluding hydrogens is 420 g/mol. The highest BCUT2D eigenvalue weighted by Crippen LogP contribution is 2.30. The SMILES string of the molecule is COc1ccccc1NS(=O)(=O)c1ccc(O)c(NC(=O)C(C)Oc2ccccc2)c1. The summed E-state index contributed by atoms with van der Waals surface area (Å²) < 4.78 is 38.8. The van der Waals surface area contributed by atoms with Crippen LogP contribution in [0.4, 0.5) is 11.4 Å². The third-order valence-electron chi connectivity index (χ3n) is 4.31. The minimum absolute atomic E-state index is 0.0589. The Kier molecular flexibility index (Phi) is 6.66. The number of hydrogen-bond acceptors (Lipinski definition) is 6. The molecule has 8 nitrogen and oxygen atoms in total. The summed E-state index contributed by atoms with van der Waals surface area (Å²) in [6.45, 7) is 1.54. The number of anilines is 2. The number of phenolic OH excluding ortho intramolecular Hbond substituents is 1. The van der Waals surface area contributed by atoms with E-state index in [4.69, 9.17) is 9.47 Å². The fourth-order valence-corrected chi connectivity index (χ4v) is 3.80. The van der Waals surface area contributed by atoms with Crippen molar-refractivity contribution in [2.24, 2.45) is 0 Å². The van der Waals surface area contributed by atoms with Crippen LogP contribution in [-0.2, 0) is 14.8 Å². The zero-order valence-electron chi connectivity index (χ0n) is 16.9. The number of hydrogen-bond donors (Lipinski definition) is 3. The average Bonchev–Trinajstić information content (AvgIpc) is 2.76. The second-order valence-electron chi connectivity index (χ2n) is 6.55. The van der Waals surface area contributed by atoms with Gasteiger partial charge in [-0.25, -0.2) is 8.42 Å². The Hall–Kier alpha value is -3.72. The summed E-state index contributed by atoms with van der Waals surface area (Å²) in [5.74, 6) is 0.0277. The molecule has 0 aliphatic rings. The number of para-hydroxylation sites is 3. The van der Waals surface area contributed by atoms with Crippen LogP contribution >= 0.6 is 0 Å². The lowest BCUT2D eigenvalue weighted by molar-refractivity contribution is -0.122. The molecule has 0 fully saturated rings. The van der Waals surface area contributed by atoms with Gasteiger partial charge in [0.15, 0.2) is 6.10 Å². The highest BCUT2D eigenvalue weighted by molar-refractivity contribution is 7.92. The molecule has 0 saturated heterocycles. The molecule has 0 bridgehead atoms. The van der Waals surface area contributed by atoms with E-state index in [1.165, 1.54) is 25.3 Å². The van der Waals surface area contributed by atoms with Crippen molar-refractivity contribution in [1.82, 2.24) is 0 Å². The molecule has 0 heterocycles. The van der Waals surface area contributed by atoms with Crippen LogP contribution in [0.5, 0.6) is 17.2 Å². The highest BCUT2D eigenvalue weighted by Gasteiger charge is 2.21. The van der Waals surface area contributed by atoms with Gasteiger partial charge in [-0.1, -0.05) is 30.3 Å². The normalized spacial score (nSPS) is 11.9. The first-order valence-corrected chi connectivity index (χ1v) is 10.8. The van der Waals surface area contributed by atoms with Gasteiger partial charge in [0.05, 0.1) is 23.4 Å². The molecule has 3 aromatic carbocycles. The first-order chi connectivity index (χ1) is 14.8. The predicted molar refractivity (Wildman–Crippen MR) is 117 cm³/mol. The van der Waals surface area contributed by atoms with Crippen LogP contribution in [0.25, 0.3) is 0 Å². The molecule has 1 unspecified atom stereocenters. The van der Waals surface area contributed by atoms with E-state index in [2.05, 4.69) is 10.0 Å². The molecule has 1 atom stereocenters. The minimum Gasteiger partial charge on any atom is -0.506 e. The number of sulfonamides is 1. The molecule has 1 amide bonds. The van der Waals surface area contributed by atoms with Crippen LogP contribution < -0.4 is 19.5 Å². The van der Waals surface area contributed by atoms with Gasteiger partial charge in [-0.15, -0.1) is 0 Å². The van der Waals surface area contributed by atoms with Gasteiger partial charge in [-0.2, -0.15) is 0 Å². The van der Waals surface area contributed by atoms with Crippen molar-refractivity contribution in [1.29, 1.82) is 0 Å². The maximum Gasteiger partial charge on any atom is 0.265 e. The van der Waals surface area contributed by atoms with Crippen molar-refractivity contribution in [3.63, 3.8) is 0 Å². The molecule has 0 radical (unpaired) electrons. The summed E-state index contributed by atoms with van der Waals surface area (Å²) in [5, 5.41) is 12.6. The maximum absolute atomic E-state index is 12.8. The summed E-state index contributed by atoms with van der Waals surface area (Å²) >= 11 is 0. The lowest BCUT2D eigenvalue weighted by Gasteiger charge is -2.16. The van der Waals surface area contributed by atoms with E-state index in [1.54, 1.807) is 55.5 Å². The number of phenols is 1. The first-order valence-electron chi connectivity index (χ1n) is 9.31. The van der Waals surface area contributed by atoms with Crippen molar-refractivity contribution in [3.05, 3.63) is 72.8 Å². The van der Waals surface area contributed by atoms with E-state index in [0.29, 0.717) is 11.5 Å². The van der Waals surface area contributed by atoms with Gasteiger partial charge in [-0.05, 0) is 49.4 Å². The van der Waals surface area contributed by atoms with Crippen LogP contribution in [0.15, 0.2) is 77.7 Å². The molecule has 31 heavy (non-hydrogen) atoms. The smallest absolute Gasteiger partial charge is 0.265 e. The summed E-state index contributed by atoms with van der Waals surface area (Å²) in [7, 11) is -2.58. The number of ether oxygens (including phenoxy) is 2.